The van der Waals surface area contributed by atoms with Gasteiger partial charge in [0.15, 0.2) is 0 Å². The first-order valence-electron chi connectivity index (χ1n) is 9.26. The molecule has 0 aromatic heterocycles. The standard InChI is InChI=1S/C20H24N2O7S/c1-5-28-20(23)13-21(16-7-9-17(10-8-16)29-14(2)3)30(26,27)18-11-6-15(4)19(12-18)22(24)25/h6-12,14H,5,13H2,1-4H3. The molecule has 0 aliphatic heterocycles. The second kappa shape index (κ2) is 9.57. The van der Waals surface area contributed by atoms with Crippen LogP contribution in [-0.4, -0.2) is 38.6 Å². The van der Waals surface area contributed by atoms with Crippen molar-refractivity contribution < 1.29 is 27.6 Å². The number of aryl methyl sites for hydroxylation is 1. The molecule has 9 nitrogen and oxygen atoms in total. The lowest BCUT2D eigenvalue weighted by molar-refractivity contribution is -0.385. The lowest BCUT2D eigenvalue weighted by Gasteiger charge is -2.24. The number of sulfonamides is 1. The van der Waals surface area contributed by atoms with E-state index >= 15 is 0 Å². The van der Waals surface area contributed by atoms with Gasteiger partial charge in [-0.25, -0.2) is 8.42 Å². The zero-order valence-electron chi connectivity index (χ0n) is 17.2. The molecule has 10 heteroatoms. The van der Waals surface area contributed by atoms with E-state index in [0.717, 1.165) is 10.4 Å². The van der Waals surface area contributed by atoms with E-state index in [-0.39, 0.29) is 29.0 Å². The quantitative estimate of drug-likeness (QED) is 0.336. The topological polar surface area (TPSA) is 116 Å². The van der Waals surface area contributed by atoms with E-state index in [0.29, 0.717) is 11.3 Å². The molecular formula is C20H24N2O7S. The van der Waals surface area contributed by atoms with Gasteiger partial charge in [-0.1, -0.05) is 6.07 Å². The maximum atomic E-state index is 13.3. The van der Waals surface area contributed by atoms with E-state index in [9.17, 15) is 23.3 Å². The van der Waals surface area contributed by atoms with Crippen molar-refractivity contribution in [2.75, 3.05) is 17.5 Å². The summed E-state index contributed by atoms with van der Waals surface area (Å²) in [4.78, 5) is 22.4. The molecule has 0 saturated heterocycles. The molecular weight excluding hydrogens is 412 g/mol. The fraction of sp³-hybridized carbons (Fsp3) is 0.350. The molecule has 0 amide bonds. The zero-order chi connectivity index (χ0) is 22.5. The van der Waals surface area contributed by atoms with Crippen LogP contribution in [0.15, 0.2) is 47.4 Å². The Hall–Kier alpha value is -3.14. The molecule has 0 aliphatic carbocycles. The van der Waals surface area contributed by atoms with E-state index in [1.165, 1.54) is 31.2 Å². The molecule has 0 N–H and O–H groups in total. The van der Waals surface area contributed by atoms with Crippen LogP contribution in [-0.2, 0) is 19.6 Å². The second-order valence-corrected chi connectivity index (χ2v) is 8.54. The number of nitrogens with zero attached hydrogens (tertiary/aromatic N) is 2. The Kier molecular flexibility index (Phi) is 7.38. The van der Waals surface area contributed by atoms with Gasteiger partial charge in [-0.05, 0) is 58.0 Å². The van der Waals surface area contributed by atoms with Gasteiger partial charge in [0.05, 0.1) is 28.2 Å². The fourth-order valence-corrected chi connectivity index (χ4v) is 4.11. The number of ether oxygens (including phenoxy) is 2. The van der Waals surface area contributed by atoms with Crippen LogP contribution in [0.3, 0.4) is 0 Å². The summed E-state index contributed by atoms with van der Waals surface area (Å²) in [5, 5.41) is 11.2. The normalized spacial score (nSPS) is 11.2. The number of hydrogen-bond acceptors (Lipinski definition) is 7. The van der Waals surface area contributed by atoms with Crippen molar-refractivity contribution in [3.8, 4) is 5.75 Å². The molecule has 0 atom stereocenters. The average molecular weight is 436 g/mol. The third-order valence-electron chi connectivity index (χ3n) is 4.04. The highest BCUT2D eigenvalue weighted by Crippen LogP contribution is 2.29. The first-order chi connectivity index (χ1) is 14.1. The third kappa shape index (κ3) is 5.47. The van der Waals surface area contributed by atoms with Gasteiger partial charge in [-0.2, -0.15) is 0 Å². The van der Waals surface area contributed by atoms with Gasteiger partial charge in [-0.3, -0.25) is 19.2 Å². The number of anilines is 1. The Morgan fingerprint density at radius 1 is 1.17 bits per heavy atom. The second-order valence-electron chi connectivity index (χ2n) is 6.68. The van der Waals surface area contributed by atoms with E-state index in [2.05, 4.69) is 0 Å². The molecule has 2 aromatic rings. The maximum absolute atomic E-state index is 13.3. The first kappa shape index (κ1) is 23.1. The van der Waals surface area contributed by atoms with Crippen LogP contribution in [0.5, 0.6) is 5.75 Å². The number of rotatable bonds is 9. The van der Waals surface area contributed by atoms with Crippen LogP contribution < -0.4 is 9.04 Å². The molecule has 0 saturated carbocycles. The van der Waals surface area contributed by atoms with E-state index < -0.39 is 27.5 Å². The van der Waals surface area contributed by atoms with Crippen molar-refractivity contribution in [2.24, 2.45) is 0 Å². The molecule has 0 fully saturated rings. The average Bonchev–Trinajstić information content (AvgIpc) is 2.66. The first-order valence-corrected chi connectivity index (χ1v) is 10.7. The zero-order valence-corrected chi connectivity index (χ0v) is 18.0. The van der Waals surface area contributed by atoms with Crippen molar-refractivity contribution in [2.45, 2.75) is 38.7 Å². The summed E-state index contributed by atoms with van der Waals surface area (Å²) < 4.78 is 37.9. The molecule has 2 aromatic carbocycles. The summed E-state index contributed by atoms with van der Waals surface area (Å²) in [7, 11) is -4.29. The van der Waals surface area contributed by atoms with Gasteiger partial charge in [0, 0.05) is 11.6 Å². The molecule has 0 radical (unpaired) electrons. The molecule has 0 unspecified atom stereocenters. The third-order valence-corrected chi connectivity index (χ3v) is 5.81. The van der Waals surface area contributed by atoms with Crippen LogP contribution in [0.2, 0.25) is 0 Å². The minimum absolute atomic E-state index is 0.0664. The Bertz CT molecular complexity index is 1020. The molecule has 162 valence electrons. The Morgan fingerprint density at radius 3 is 2.33 bits per heavy atom. The van der Waals surface area contributed by atoms with Gasteiger partial charge in [0.1, 0.15) is 12.3 Å². The van der Waals surface area contributed by atoms with E-state index in [1.54, 1.807) is 19.1 Å². The summed E-state index contributed by atoms with van der Waals surface area (Å²) >= 11 is 0. The van der Waals surface area contributed by atoms with Crippen LogP contribution in [0.4, 0.5) is 11.4 Å². The van der Waals surface area contributed by atoms with Gasteiger partial charge in [0.25, 0.3) is 15.7 Å². The number of hydrogen-bond donors (Lipinski definition) is 0. The lowest BCUT2D eigenvalue weighted by Crippen LogP contribution is -2.36. The van der Waals surface area contributed by atoms with E-state index in [4.69, 9.17) is 9.47 Å². The molecule has 0 heterocycles. The highest BCUT2D eigenvalue weighted by Gasteiger charge is 2.29. The highest BCUT2D eigenvalue weighted by molar-refractivity contribution is 7.92. The minimum atomic E-state index is -4.29. The smallest absolute Gasteiger partial charge is 0.326 e. The van der Waals surface area contributed by atoms with Crippen molar-refractivity contribution in [3.63, 3.8) is 0 Å². The molecule has 0 aliphatic rings. The van der Waals surface area contributed by atoms with E-state index in [1.807, 2.05) is 13.8 Å². The van der Waals surface area contributed by atoms with Crippen molar-refractivity contribution in [1.82, 2.24) is 0 Å². The molecule has 2 rings (SSSR count). The molecule has 0 bridgehead atoms. The van der Waals surface area contributed by atoms with Crippen molar-refractivity contribution >= 4 is 27.4 Å². The Balaban J connectivity index is 2.51. The maximum Gasteiger partial charge on any atom is 0.326 e. The van der Waals surface area contributed by atoms with Gasteiger partial charge >= 0.3 is 5.97 Å². The summed E-state index contributed by atoms with van der Waals surface area (Å²) in [5.41, 5.74) is 0.196. The van der Waals surface area contributed by atoms with Crippen molar-refractivity contribution in [3.05, 3.63) is 58.1 Å². The highest BCUT2D eigenvalue weighted by atomic mass is 32.2. The number of nitro groups is 1. The number of carbonyl (C=O) groups is 1. The van der Waals surface area contributed by atoms with Gasteiger partial charge in [-0.15, -0.1) is 0 Å². The summed E-state index contributed by atoms with van der Waals surface area (Å²) in [6, 6.07) is 9.77. The Morgan fingerprint density at radius 2 is 1.80 bits per heavy atom. The lowest BCUT2D eigenvalue weighted by atomic mass is 10.2. The largest absolute Gasteiger partial charge is 0.491 e. The van der Waals surface area contributed by atoms with Crippen molar-refractivity contribution in [1.29, 1.82) is 0 Å². The number of nitro benzene ring substituents is 1. The molecule has 30 heavy (non-hydrogen) atoms. The minimum Gasteiger partial charge on any atom is -0.491 e. The van der Waals surface area contributed by atoms with Crippen LogP contribution in [0, 0.1) is 17.0 Å². The van der Waals surface area contributed by atoms with Gasteiger partial charge < -0.3 is 9.47 Å². The number of carbonyl (C=O) groups excluding carboxylic acids is 1. The summed E-state index contributed by atoms with van der Waals surface area (Å²) in [6.07, 6.45) is -0.0664. The fourth-order valence-electron chi connectivity index (χ4n) is 2.68. The number of benzene rings is 2. The predicted octanol–water partition coefficient (Wildman–Crippen LogP) is 3.45. The summed E-state index contributed by atoms with van der Waals surface area (Å²) in [5.74, 6) is -0.210. The monoisotopic (exact) mass is 436 g/mol. The number of esters is 1. The molecule has 0 spiro atoms. The van der Waals surface area contributed by atoms with Gasteiger partial charge in [0.2, 0.25) is 0 Å². The van der Waals surface area contributed by atoms with Crippen LogP contribution >= 0.6 is 0 Å². The Labute approximate surface area is 175 Å². The SMILES string of the molecule is CCOC(=O)CN(c1ccc(OC(C)C)cc1)S(=O)(=O)c1ccc(C)c([N+](=O)[O-])c1. The summed E-state index contributed by atoms with van der Waals surface area (Å²) in [6.45, 7) is 6.34. The van der Waals surface area contributed by atoms with Crippen LogP contribution in [0.25, 0.3) is 0 Å². The van der Waals surface area contributed by atoms with Crippen LogP contribution in [0.1, 0.15) is 26.3 Å². The predicted molar refractivity (Wildman–Crippen MR) is 111 cm³/mol.